The highest BCUT2D eigenvalue weighted by Crippen LogP contribution is 2.54. The molecule has 0 aliphatic carbocycles. The zero-order valence-electron chi connectivity index (χ0n) is 16.2. The summed E-state index contributed by atoms with van der Waals surface area (Å²) in [5, 5.41) is 23.1. The van der Waals surface area contributed by atoms with Gasteiger partial charge in [-0.25, -0.2) is 4.79 Å². The molecule has 2 aliphatic rings. The van der Waals surface area contributed by atoms with Crippen LogP contribution in [0.5, 0.6) is 0 Å². The Morgan fingerprint density at radius 2 is 1.94 bits per heavy atom. The molecule has 0 unspecified atom stereocenters. The van der Waals surface area contributed by atoms with Crippen molar-refractivity contribution in [1.82, 2.24) is 9.55 Å². The predicted molar refractivity (Wildman–Crippen MR) is 119 cm³/mol. The third-order valence-electron chi connectivity index (χ3n) is 5.96. The van der Waals surface area contributed by atoms with Crippen molar-refractivity contribution in [2.75, 3.05) is 13.2 Å². The Labute approximate surface area is 190 Å². The van der Waals surface area contributed by atoms with Gasteiger partial charge in [0.25, 0.3) is 5.56 Å². The van der Waals surface area contributed by atoms with Crippen molar-refractivity contribution in [3.8, 4) is 11.1 Å². The zero-order chi connectivity index (χ0) is 21.8. The Morgan fingerprint density at radius 1 is 1.16 bits per heavy atom. The van der Waals surface area contributed by atoms with Crippen LogP contribution in [0.15, 0.2) is 64.3 Å². The van der Waals surface area contributed by atoms with E-state index in [0.29, 0.717) is 5.56 Å². The number of hydrogen-bond donors (Lipinski definition) is 3. The smallest absolute Gasteiger partial charge is 0.330 e. The highest BCUT2D eigenvalue weighted by molar-refractivity contribution is 14.1. The third kappa shape index (κ3) is 2.95. The fourth-order valence-corrected chi connectivity index (χ4v) is 5.35. The highest BCUT2D eigenvalue weighted by Gasteiger charge is 2.65. The number of aliphatic hydroxyl groups is 2. The molecule has 0 amide bonds. The van der Waals surface area contributed by atoms with E-state index in [9.17, 15) is 19.8 Å². The van der Waals surface area contributed by atoms with Crippen LogP contribution in [0.25, 0.3) is 11.1 Å². The maximum atomic E-state index is 12.7. The van der Waals surface area contributed by atoms with Crippen molar-refractivity contribution in [3.63, 3.8) is 0 Å². The summed E-state index contributed by atoms with van der Waals surface area (Å²) in [5.74, 6) is 0. The molecule has 2 aliphatic heterocycles. The van der Waals surface area contributed by atoms with Crippen molar-refractivity contribution in [2.24, 2.45) is 0 Å². The number of aromatic nitrogens is 2. The van der Waals surface area contributed by atoms with E-state index in [0.717, 1.165) is 30.9 Å². The summed E-state index contributed by atoms with van der Waals surface area (Å²) in [6.07, 6.45) is -0.0746. The molecule has 0 saturated carbocycles. The van der Waals surface area contributed by atoms with Crippen LogP contribution < -0.4 is 11.2 Å². The molecule has 1 fully saturated rings. The highest BCUT2D eigenvalue weighted by atomic mass is 127. The van der Waals surface area contributed by atoms with Gasteiger partial charge in [-0.3, -0.25) is 14.3 Å². The molecule has 2 aromatic carbocycles. The van der Waals surface area contributed by atoms with Gasteiger partial charge in [0.1, 0.15) is 6.10 Å². The average Bonchev–Trinajstić information content (AvgIpc) is 3.13. The van der Waals surface area contributed by atoms with Crippen molar-refractivity contribution in [3.05, 3.63) is 90.3 Å². The predicted octanol–water partition coefficient (Wildman–Crippen LogP) is 1.27. The Morgan fingerprint density at radius 3 is 2.68 bits per heavy atom. The fourth-order valence-electron chi connectivity index (χ4n) is 4.66. The van der Waals surface area contributed by atoms with E-state index in [4.69, 9.17) is 9.47 Å². The second kappa shape index (κ2) is 7.38. The molecule has 1 spiro atoms. The van der Waals surface area contributed by atoms with Crippen molar-refractivity contribution < 1.29 is 19.7 Å². The number of halogens is 1. The number of fused-ring (bicyclic) bond motifs is 2. The lowest BCUT2D eigenvalue weighted by atomic mass is 9.74. The van der Waals surface area contributed by atoms with Gasteiger partial charge in [0.2, 0.25) is 5.72 Å². The van der Waals surface area contributed by atoms with Crippen LogP contribution in [0, 0.1) is 3.57 Å². The number of nitrogens with one attached hydrogen (secondary N) is 1. The number of nitrogens with zero attached hydrogens (tertiary/aromatic N) is 1. The maximum Gasteiger partial charge on any atom is 0.330 e. The summed E-state index contributed by atoms with van der Waals surface area (Å²) in [5.41, 5.74) is -2.11. The topological polar surface area (TPSA) is 114 Å². The summed E-state index contributed by atoms with van der Waals surface area (Å²) in [6.45, 7) is -0.251. The van der Waals surface area contributed by atoms with Gasteiger partial charge >= 0.3 is 5.69 Å². The van der Waals surface area contributed by atoms with Gasteiger partial charge in [0.05, 0.1) is 19.8 Å². The molecule has 1 aromatic heterocycles. The van der Waals surface area contributed by atoms with Crippen LogP contribution >= 0.6 is 22.6 Å². The molecule has 31 heavy (non-hydrogen) atoms. The first-order valence-corrected chi connectivity index (χ1v) is 10.8. The molecule has 5 rings (SSSR count). The minimum absolute atomic E-state index is 0.0833. The molecule has 3 aromatic rings. The summed E-state index contributed by atoms with van der Waals surface area (Å²) in [7, 11) is 0. The van der Waals surface area contributed by atoms with E-state index in [1.54, 1.807) is 0 Å². The number of aliphatic hydroxyl groups excluding tert-OH is 1. The van der Waals surface area contributed by atoms with Gasteiger partial charge in [-0.2, -0.15) is 0 Å². The van der Waals surface area contributed by atoms with E-state index in [1.165, 1.54) is 6.20 Å². The minimum Gasteiger partial charge on any atom is -0.387 e. The first kappa shape index (κ1) is 20.6. The van der Waals surface area contributed by atoms with E-state index in [1.807, 2.05) is 42.5 Å². The molecule has 3 N–H and O–H groups in total. The Bertz CT molecular complexity index is 1270. The monoisotopic (exact) mass is 534 g/mol. The number of rotatable bonds is 2. The van der Waals surface area contributed by atoms with E-state index < -0.39 is 28.7 Å². The largest absolute Gasteiger partial charge is 0.387 e. The lowest BCUT2D eigenvalue weighted by molar-refractivity contribution is -0.321. The second-order valence-corrected chi connectivity index (χ2v) is 8.95. The van der Waals surface area contributed by atoms with Crippen LogP contribution in [0.1, 0.15) is 11.1 Å². The molecule has 0 bridgehead atoms. The Balaban J connectivity index is 1.84. The minimum atomic E-state index is -2.10. The molecular weight excluding hydrogens is 515 g/mol. The lowest BCUT2D eigenvalue weighted by Gasteiger charge is -2.50. The van der Waals surface area contributed by atoms with Gasteiger partial charge in [-0.05, 0) is 51.4 Å². The Hall–Kier alpha value is -2.31. The SMILES string of the molecule is O=c1ccn([C@@]2(O)COC[C@@H](O)[C@@]23OCc2cc(I)cc(-c4ccccc4)c23)c(=O)[nH]1. The van der Waals surface area contributed by atoms with E-state index in [-0.39, 0.29) is 19.8 Å². The van der Waals surface area contributed by atoms with Crippen LogP contribution in [-0.4, -0.2) is 39.1 Å². The van der Waals surface area contributed by atoms with Gasteiger partial charge in [-0.1, -0.05) is 30.3 Å². The summed E-state index contributed by atoms with van der Waals surface area (Å²) in [4.78, 5) is 26.4. The average molecular weight is 534 g/mol. The fraction of sp³-hybridized carbons (Fsp3) is 0.273. The van der Waals surface area contributed by atoms with Crippen LogP contribution in [0.3, 0.4) is 0 Å². The first-order chi connectivity index (χ1) is 14.9. The molecule has 9 heteroatoms. The second-order valence-electron chi connectivity index (χ2n) is 7.71. The maximum absolute atomic E-state index is 12.7. The Kier molecular flexibility index (Phi) is 4.90. The molecule has 160 valence electrons. The standard InChI is InChI=1S/C22H19IN2O6/c23-15-8-14-10-31-22(19(14)16(9-15)13-4-2-1-3-5-13)17(26)11-30-12-21(22,29)25-7-6-18(27)24-20(25)28/h1-9,17,26,29H,10-12H2,(H,24,27,28)/t17-,21-,22+/m1/s1. The number of aromatic amines is 1. The summed E-state index contributed by atoms with van der Waals surface area (Å²) >= 11 is 2.22. The van der Waals surface area contributed by atoms with Crippen molar-refractivity contribution in [2.45, 2.75) is 24.0 Å². The number of benzene rings is 2. The van der Waals surface area contributed by atoms with Crippen LogP contribution in [0.2, 0.25) is 0 Å². The molecule has 3 atom stereocenters. The zero-order valence-corrected chi connectivity index (χ0v) is 18.4. The molecule has 0 radical (unpaired) electrons. The molecular formula is C22H19IN2O6. The van der Waals surface area contributed by atoms with Crippen molar-refractivity contribution >= 4 is 22.6 Å². The van der Waals surface area contributed by atoms with Gasteiger partial charge < -0.3 is 19.7 Å². The molecule has 1 saturated heterocycles. The first-order valence-electron chi connectivity index (χ1n) is 9.70. The molecule has 3 heterocycles. The number of H-pyrrole nitrogens is 1. The van der Waals surface area contributed by atoms with Gasteiger partial charge in [0, 0.05) is 21.4 Å². The van der Waals surface area contributed by atoms with E-state index in [2.05, 4.69) is 27.6 Å². The van der Waals surface area contributed by atoms with Crippen molar-refractivity contribution in [1.29, 1.82) is 0 Å². The lowest BCUT2D eigenvalue weighted by Crippen LogP contribution is -2.68. The quantitative estimate of drug-likeness (QED) is 0.427. The molecule has 8 nitrogen and oxygen atoms in total. The van der Waals surface area contributed by atoms with Crippen LogP contribution in [-0.2, 0) is 27.4 Å². The third-order valence-corrected chi connectivity index (χ3v) is 6.58. The van der Waals surface area contributed by atoms with Crippen LogP contribution in [0.4, 0.5) is 0 Å². The van der Waals surface area contributed by atoms with Gasteiger partial charge in [0.15, 0.2) is 5.60 Å². The normalized spacial score (nSPS) is 27.4. The summed E-state index contributed by atoms with van der Waals surface area (Å²) in [6, 6.07) is 14.6. The van der Waals surface area contributed by atoms with Gasteiger partial charge in [-0.15, -0.1) is 0 Å². The number of ether oxygens (including phenoxy) is 2. The van der Waals surface area contributed by atoms with E-state index >= 15 is 0 Å². The number of hydrogen-bond acceptors (Lipinski definition) is 6. The summed E-state index contributed by atoms with van der Waals surface area (Å²) < 4.78 is 13.6.